The number of carbonyl (C=O) groups is 2. The van der Waals surface area contributed by atoms with Gasteiger partial charge in [0, 0.05) is 26.1 Å². The average Bonchev–Trinajstić information content (AvgIpc) is 2.95. The van der Waals surface area contributed by atoms with Crippen LogP contribution in [-0.4, -0.2) is 36.7 Å². The Balaban J connectivity index is 3.84. The summed E-state index contributed by atoms with van der Waals surface area (Å²) >= 11 is 8.06. The Bertz CT molecular complexity index is 537. The molecule has 0 bridgehead atoms. The molecule has 0 saturated carbocycles. The minimum absolute atomic E-state index is 0.0116. The first kappa shape index (κ1) is 42.0. The number of carbonyl (C=O) groups excluding carboxylic acids is 2. The van der Waals surface area contributed by atoms with E-state index in [1.165, 1.54) is 128 Å². The van der Waals surface area contributed by atoms with Crippen LogP contribution in [0.25, 0.3) is 0 Å². The van der Waals surface area contributed by atoms with Crippen LogP contribution < -0.4 is 0 Å². The zero-order valence-corrected chi connectivity index (χ0v) is 29.7. The molecule has 0 aromatic heterocycles. The molecule has 0 spiro atoms. The second-order valence-corrected chi connectivity index (χ2v) is 13.7. The van der Waals surface area contributed by atoms with Crippen LogP contribution in [0.3, 0.4) is 0 Å². The summed E-state index contributed by atoms with van der Waals surface area (Å²) in [6, 6.07) is 0. The summed E-state index contributed by atoms with van der Waals surface area (Å²) < 4.78 is 11.7. The third kappa shape index (κ3) is 32.9. The molecule has 6 heteroatoms. The highest BCUT2D eigenvalue weighted by molar-refractivity contribution is 7.96. The van der Waals surface area contributed by atoms with Gasteiger partial charge in [0.05, 0.1) is 13.2 Å². The van der Waals surface area contributed by atoms with Crippen LogP contribution in [0, 0.1) is 11.8 Å². The van der Waals surface area contributed by atoms with Gasteiger partial charge in [-0.1, -0.05) is 142 Å². The van der Waals surface area contributed by atoms with Gasteiger partial charge in [0.25, 0.3) is 0 Å². The zero-order chi connectivity index (χ0) is 30.9. The van der Waals surface area contributed by atoms with Crippen molar-refractivity contribution in [3.63, 3.8) is 0 Å². The zero-order valence-electron chi connectivity index (χ0n) is 27.9. The lowest BCUT2D eigenvalue weighted by molar-refractivity contribution is -0.112. The summed E-state index contributed by atoms with van der Waals surface area (Å²) in [7, 11) is 0. The molecule has 0 saturated heterocycles. The summed E-state index contributed by atoms with van der Waals surface area (Å²) in [6.07, 6.45) is 31.8. The van der Waals surface area contributed by atoms with Gasteiger partial charge in [-0.15, -0.1) is 25.3 Å². The van der Waals surface area contributed by atoms with Gasteiger partial charge in [0.1, 0.15) is 0 Å². The Hall–Kier alpha value is -0.0400. The molecule has 0 N–H and O–H groups in total. The predicted molar refractivity (Wildman–Crippen MR) is 188 cm³/mol. The van der Waals surface area contributed by atoms with Crippen molar-refractivity contribution in [2.45, 2.75) is 181 Å². The fourth-order valence-electron chi connectivity index (χ4n) is 5.85. The second kappa shape index (κ2) is 33.8. The second-order valence-electron chi connectivity index (χ2n) is 12.7. The summed E-state index contributed by atoms with van der Waals surface area (Å²) in [5.41, 5.74) is 0. The van der Waals surface area contributed by atoms with Crippen molar-refractivity contribution < 1.29 is 19.1 Å². The van der Waals surface area contributed by atoms with Crippen LogP contribution in [0.1, 0.15) is 181 Å². The average molecular weight is 631 g/mol. The van der Waals surface area contributed by atoms with E-state index in [4.69, 9.17) is 9.47 Å². The highest BCUT2D eigenvalue weighted by Crippen LogP contribution is 2.22. The van der Waals surface area contributed by atoms with Crippen LogP contribution in [0.2, 0.25) is 0 Å². The molecule has 2 atom stereocenters. The summed E-state index contributed by atoms with van der Waals surface area (Å²) in [5.74, 6) is 0.741. The van der Waals surface area contributed by atoms with E-state index in [9.17, 15) is 9.59 Å². The fourth-order valence-corrected chi connectivity index (χ4v) is 6.37. The van der Waals surface area contributed by atoms with Crippen LogP contribution in [0.5, 0.6) is 0 Å². The van der Waals surface area contributed by atoms with Crippen molar-refractivity contribution in [1.82, 2.24) is 0 Å². The van der Waals surface area contributed by atoms with Crippen molar-refractivity contribution in [3.05, 3.63) is 0 Å². The van der Waals surface area contributed by atoms with E-state index < -0.39 is 0 Å². The standard InChI is InChI=1S/C36H70O4S2/c1-3-5-7-9-11-13-15-17-19-21-23-33(31-35(37)41)25-27-39-29-30-40-28-26-34(32-36(38)42)24-22-20-18-16-14-12-10-8-6-4-2/h33-34H,3-32H2,1-2H3,(H,37,41)(H,38,42). The van der Waals surface area contributed by atoms with E-state index in [0.29, 0.717) is 51.1 Å². The van der Waals surface area contributed by atoms with Gasteiger partial charge in [-0.05, 0) is 37.5 Å². The molecule has 2 unspecified atom stereocenters. The van der Waals surface area contributed by atoms with Gasteiger partial charge >= 0.3 is 0 Å². The maximum atomic E-state index is 11.6. The highest BCUT2D eigenvalue weighted by atomic mass is 32.1. The van der Waals surface area contributed by atoms with Crippen molar-refractivity contribution in [2.75, 3.05) is 26.4 Å². The number of thiol groups is 2. The van der Waals surface area contributed by atoms with Crippen LogP contribution in [0.4, 0.5) is 0 Å². The van der Waals surface area contributed by atoms with Gasteiger partial charge in [-0.3, -0.25) is 9.59 Å². The Labute approximate surface area is 272 Å². The minimum atomic E-state index is -0.0116. The molecule has 0 aromatic rings. The van der Waals surface area contributed by atoms with Gasteiger partial charge in [-0.2, -0.15) is 0 Å². The number of hydrogen-bond donors (Lipinski definition) is 2. The molecule has 250 valence electrons. The summed E-state index contributed by atoms with van der Waals surface area (Å²) in [6.45, 7) is 7.03. The van der Waals surface area contributed by atoms with E-state index >= 15 is 0 Å². The van der Waals surface area contributed by atoms with E-state index in [1.807, 2.05) is 0 Å². The highest BCUT2D eigenvalue weighted by Gasteiger charge is 2.13. The maximum Gasteiger partial charge on any atom is 0.186 e. The Morgan fingerprint density at radius 1 is 0.429 bits per heavy atom. The first-order valence-corrected chi connectivity index (χ1v) is 19.0. The lowest BCUT2D eigenvalue weighted by Gasteiger charge is -2.16. The lowest BCUT2D eigenvalue weighted by Crippen LogP contribution is -2.13. The normalized spacial score (nSPS) is 13.0. The third-order valence-corrected chi connectivity index (χ3v) is 8.94. The van der Waals surface area contributed by atoms with E-state index in [2.05, 4.69) is 39.1 Å². The minimum Gasteiger partial charge on any atom is -0.379 e. The molecule has 0 aliphatic carbocycles. The molecular formula is C36H70O4S2. The fraction of sp³-hybridized carbons (Fsp3) is 0.944. The molecule has 0 aromatic carbocycles. The Kier molecular flexibility index (Phi) is 33.8. The Morgan fingerprint density at radius 2 is 0.714 bits per heavy atom. The molecule has 0 aliphatic rings. The number of unbranched alkanes of at least 4 members (excludes halogenated alkanes) is 18. The summed E-state index contributed by atoms with van der Waals surface area (Å²) in [5, 5.41) is -0.0232. The lowest BCUT2D eigenvalue weighted by atomic mass is 9.94. The SMILES string of the molecule is CCCCCCCCCCCCC(CCOCCOCCC(CCCCCCCCCCCC)CC(=O)S)CC(=O)S. The van der Waals surface area contributed by atoms with Crippen LogP contribution in [-0.2, 0) is 19.1 Å². The molecule has 0 amide bonds. The first-order chi connectivity index (χ1) is 20.5. The molecule has 0 heterocycles. The van der Waals surface area contributed by atoms with Crippen molar-refractivity contribution in [3.8, 4) is 0 Å². The predicted octanol–water partition coefficient (Wildman–Crippen LogP) is 11.3. The maximum absolute atomic E-state index is 11.6. The molecular weight excluding hydrogens is 561 g/mol. The van der Waals surface area contributed by atoms with Crippen LogP contribution in [0.15, 0.2) is 0 Å². The Morgan fingerprint density at radius 3 is 1.00 bits per heavy atom. The number of rotatable bonds is 35. The van der Waals surface area contributed by atoms with E-state index in [-0.39, 0.29) is 10.2 Å². The molecule has 4 nitrogen and oxygen atoms in total. The number of ether oxygens (including phenoxy) is 2. The molecule has 0 fully saturated rings. The third-order valence-electron chi connectivity index (χ3n) is 8.57. The monoisotopic (exact) mass is 630 g/mol. The first-order valence-electron chi connectivity index (χ1n) is 18.1. The van der Waals surface area contributed by atoms with Crippen LogP contribution >= 0.6 is 25.3 Å². The largest absolute Gasteiger partial charge is 0.379 e. The molecule has 0 aliphatic heterocycles. The van der Waals surface area contributed by atoms with E-state index in [1.54, 1.807) is 0 Å². The molecule has 0 rings (SSSR count). The topological polar surface area (TPSA) is 52.6 Å². The van der Waals surface area contributed by atoms with Crippen molar-refractivity contribution >= 4 is 35.5 Å². The van der Waals surface area contributed by atoms with Gasteiger partial charge < -0.3 is 9.47 Å². The van der Waals surface area contributed by atoms with E-state index in [0.717, 1.165) is 25.7 Å². The quantitative estimate of drug-likeness (QED) is 0.0540. The molecule has 42 heavy (non-hydrogen) atoms. The molecule has 0 radical (unpaired) electrons. The van der Waals surface area contributed by atoms with Gasteiger partial charge in [0.15, 0.2) is 10.2 Å². The summed E-state index contributed by atoms with van der Waals surface area (Å²) in [4.78, 5) is 23.2. The van der Waals surface area contributed by atoms with Gasteiger partial charge in [-0.25, -0.2) is 0 Å². The number of hydrogen-bond acceptors (Lipinski definition) is 4. The van der Waals surface area contributed by atoms with Crippen molar-refractivity contribution in [2.24, 2.45) is 11.8 Å². The van der Waals surface area contributed by atoms with Gasteiger partial charge in [0.2, 0.25) is 0 Å². The smallest absolute Gasteiger partial charge is 0.186 e. The van der Waals surface area contributed by atoms with Crippen molar-refractivity contribution in [1.29, 1.82) is 0 Å².